The molecule has 0 saturated carbocycles. The van der Waals surface area contributed by atoms with Crippen LogP contribution in [0.3, 0.4) is 0 Å². The lowest BCUT2D eigenvalue weighted by molar-refractivity contribution is -0.118. The van der Waals surface area contributed by atoms with Crippen molar-refractivity contribution >= 4 is 39.4 Å². The normalized spacial score (nSPS) is 15.1. The summed E-state index contributed by atoms with van der Waals surface area (Å²) in [5, 5.41) is 10.2. The second-order valence-corrected chi connectivity index (χ2v) is 10.7. The van der Waals surface area contributed by atoms with Crippen LogP contribution in [0.25, 0.3) is 15.3 Å². The number of hydrogen-bond donors (Lipinski definition) is 2. The van der Waals surface area contributed by atoms with Crippen molar-refractivity contribution in [3.8, 4) is 16.3 Å². The van der Waals surface area contributed by atoms with E-state index in [4.69, 9.17) is 4.74 Å². The van der Waals surface area contributed by atoms with E-state index >= 15 is 0 Å². The van der Waals surface area contributed by atoms with E-state index in [2.05, 4.69) is 44.4 Å². The SMILES string of the molecule is COc1ncccc1-c1cn2ncc(C(=O)Nc3cc(NC(=O)CN4CCCC4(C)C)cnc3C)c2s1. The Morgan fingerprint density at radius 1 is 1.22 bits per heavy atom. The molecule has 37 heavy (non-hydrogen) atoms. The number of amides is 2. The molecule has 11 heteroatoms. The summed E-state index contributed by atoms with van der Waals surface area (Å²) in [7, 11) is 1.57. The number of aryl methyl sites for hydroxylation is 1. The van der Waals surface area contributed by atoms with Crippen molar-refractivity contribution in [2.45, 2.75) is 39.2 Å². The Kier molecular flexibility index (Phi) is 6.65. The van der Waals surface area contributed by atoms with Gasteiger partial charge in [-0.3, -0.25) is 19.5 Å². The summed E-state index contributed by atoms with van der Waals surface area (Å²) in [6.07, 6.45) is 8.82. The number of rotatable bonds is 7. The molecule has 0 bridgehead atoms. The molecule has 1 aliphatic rings. The average molecular weight is 520 g/mol. The van der Waals surface area contributed by atoms with Crippen LogP contribution in [0.15, 0.2) is 43.0 Å². The predicted molar refractivity (Wildman–Crippen MR) is 143 cm³/mol. The topological polar surface area (TPSA) is 114 Å². The molecule has 0 aromatic carbocycles. The third kappa shape index (κ3) is 5.05. The van der Waals surface area contributed by atoms with Crippen LogP contribution in [0, 0.1) is 6.92 Å². The number of nitrogens with one attached hydrogen (secondary N) is 2. The van der Waals surface area contributed by atoms with Crippen molar-refractivity contribution in [1.29, 1.82) is 0 Å². The van der Waals surface area contributed by atoms with Crippen LogP contribution in [0.1, 0.15) is 42.7 Å². The lowest BCUT2D eigenvalue weighted by Gasteiger charge is -2.30. The van der Waals surface area contributed by atoms with Gasteiger partial charge in [-0.1, -0.05) is 0 Å². The first kappa shape index (κ1) is 24.8. The first-order valence-electron chi connectivity index (χ1n) is 12.0. The van der Waals surface area contributed by atoms with Gasteiger partial charge < -0.3 is 15.4 Å². The van der Waals surface area contributed by atoms with E-state index in [9.17, 15) is 9.59 Å². The van der Waals surface area contributed by atoms with E-state index in [1.165, 1.54) is 17.5 Å². The van der Waals surface area contributed by atoms with Crippen LogP contribution < -0.4 is 15.4 Å². The second-order valence-electron chi connectivity index (χ2n) is 9.66. The Hall–Kier alpha value is -3.83. The zero-order chi connectivity index (χ0) is 26.2. The number of anilines is 2. The molecule has 1 fully saturated rings. The van der Waals surface area contributed by atoms with Crippen molar-refractivity contribution in [2.75, 3.05) is 30.8 Å². The molecule has 2 amide bonds. The van der Waals surface area contributed by atoms with E-state index in [-0.39, 0.29) is 17.4 Å². The fourth-order valence-electron chi connectivity index (χ4n) is 4.56. The van der Waals surface area contributed by atoms with Crippen molar-refractivity contribution < 1.29 is 14.3 Å². The number of carbonyl (C=O) groups is 2. The highest BCUT2D eigenvalue weighted by Gasteiger charge is 2.32. The smallest absolute Gasteiger partial charge is 0.260 e. The van der Waals surface area contributed by atoms with Crippen molar-refractivity contribution in [1.82, 2.24) is 24.5 Å². The van der Waals surface area contributed by atoms with Crippen LogP contribution in [0.4, 0.5) is 11.4 Å². The number of thiazole rings is 1. The van der Waals surface area contributed by atoms with Gasteiger partial charge in [0.15, 0.2) is 0 Å². The first-order valence-corrected chi connectivity index (χ1v) is 12.9. The zero-order valence-electron chi connectivity index (χ0n) is 21.2. The number of likely N-dealkylation sites (tertiary alicyclic amines) is 1. The number of nitrogens with zero attached hydrogens (tertiary/aromatic N) is 5. The molecule has 0 unspecified atom stereocenters. The second kappa shape index (κ2) is 9.91. The molecular weight excluding hydrogens is 490 g/mol. The summed E-state index contributed by atoms with van der Waals surface area (Å²) in [5.41, 5.74) is 2.97. The Bertz CT molecular complexity index is 1480. The molecule has 0 atom stereocenters. The fourth-order valence-corrected chi connectivity index (χ4v) is 5.63. The number of carbonyl (C=O) groups excluding carboxylic acids is 2. The maximum Gasteiger partial charge on any atom is 0.260 e. The molecule has 0 radical (unpaired) electrons. The molecule has 4 aromatic rings. The molecule has 2 N–H and O–H groups in total. The number of methoxy groups -OCH3 is 1. The summed E-state index contributed by atoms with van der Waals surface area (Å²) >= 11 is 1.42. The van der Waals surface area contributed by atoms with Gasteiger partial charge in [0, 0.05) is 17.9 Å². The minimum absolute atomic E-state index is 0.0166. The largest absolute Gasteiger partial charge is 0.481 e. The number of fused-ring (bicyclic) bond motifs is 1. The van der Waals surface area contributed by atoms with Crippen LogP contribution in [0.5, 0.6) is 5.88 Å². The minimum Gasteiger partial charge on any atom is -0.481 e. The van der Waals surface area contributed by atoms with Crippen LogP contribution >= 0.6 is 11.3 Å². The Balaban J connectivity index is 1.32. The maximum absolute atomic E-state index is 13.2. The van der Waals surface area contributed by atoms with Gasteiger partial charge in [0.1, 0.15) is 4.83 Å². The highest BCUT2D eigenvalue weighted by Crippen LogP contribution is 2.35. The van der Waals surface area contributed by atoms with Gasteiger partial charge in [0.05, 0.1) is 59.1 Å². The molecule has 5 heterocycles. The molecule has 1 aliphatic heterocycles. The molecule has 1 saturated heterocycles. The van der Waals surface area contributed by atoms with Crippen molar-refractivity contribution in [3.63, 3.8) is 0 Å². The Morgan fingerprint density at radius 3 is 2.81 bits per heavy atom. The van der Waals surface area contributed by atoms with Crippen LogP contribution in [-0.4, -0.2) is 62.0 Å². The highest BCUT2D eigenvalue weighted by molar-refractivity contribution is 7.21. The number of pyridine rings is 2. The quantitative estimate of drug-likeness (QED) is 0.375. The molecule has 192 valence electrons. The van der Waals surface area contributed by atoms with Crippen LogP contribution in [-0.2, 0) is 4.79 Å². The van der Waals surface area contributed by atoms with Gasteiger partial charge >= 0.3 is 0 Å². The molecule has 5 rings (SSSR count). The van der Waals surface area contributed by atoms with E-state index in [1.807, 2.05) is 18.3 Å². The first-order chi connectivity index (χ1) is 17.7. The number of hydrogen-bond acceptors (Lipinski definition) is 8. The van der Waals surface area contributed by atoms with Gasteiger partial charge in [-0.15, -0.1) is 11.3 Å². The Morgan fingerprint density at radius 2 is 2.05 bits per heavy atom. The fraction of sp³-hybridized carbons (Fsp3) is 0.346. The predicted octanol–water partition coefficient (Wildman–Crippen LogP) is 4.24. The number of ether oxygens (including phenoxy) is 1. The van der Waals surface area contributed by atoms with E-state index in [1.54, 1.807) is 37.0 Å². The summed E-state index contributed by atoms with van der Waals surface area (Å²) in [6, 6.07) is 5.48. The summed E-state index contributed by atoms with van der Waals surface area (Å²) in [4.78, 5) is 38.3. The van der Waals surface area contributed by atoms with Gasteiger partial charge in [0.2, 0.25) is 11.8 Å². The van der Waals surface area contributed by atoms with Gasteiger partial charge in [0.25, 0.3) is 5.91 Å². The number of aromatic nitrogens is 4. The van der Waals surface area contributed by atoms with Crippen molar-refractivity contribution in [3.05, 3.63) is 54.2 Å². The Labute approximate surface area is 218 Å². The zero-order valence-corrected chi connectivity index (χ0v) is 22.1. The van der Waals surface area contributed by atoms with Gasteiger partial charge in [-0.25, -0.2) is 9.50 Å². The van der Waals surface area contributed by atoms with E-state index in [0.717, 1.165) is 29.8 Å². The highest BCUT2D eigenvalue weighted by atomic mass is 32.1. The molecular formula is C26H29N7O3S. The summed E-state index contributed by atoms with van der Waals surface area (Å²) < 4.78 is 7.04. The van der Waals surface area contributed by atoms with E-state index < -0.39 is 0 Å². The van der Waals surface area contributed by atoms with E-state index in [0.29, 0.717) is 39.9 Å². The van der Waals surface area contributed by atoms with Gasteiger partial charge in [-0.2, -0.15) is 5.10 Å². The summed E-state index contributed by atoms with van der Waals surface area (Å²) in [5.74, 6) is 0.0915. The molecule has 0 aliphatic carbocycles. The minimum atomic E-state index is -0.311. The van der Waals surface area contributed by atoms with Crippen LogP contribution in [0.2, 0.25) is 0 Å². The lowest BCUT2D eigenvalue weighted by atomic mass is 10.0. The van der Waals surface area contributed by atoms with Gasteiger partial charge in [-0.05, 0) is 58.4 Å². The lowest BCUT2D eigenvalue weighted by Crippen LogP contribution is -2.42. The summed E-state index contributed by atoms with van der Waals surface area (Å²) in [6.45, 7) is 7.35. The average Bonchev–Trinajstić information content (AvgIpc) is 3.55. The molecule has 0 spiro atoms. The maximum atomic E-state index is 13.2. The third-order valence-corrected chi connectivity index (χ3v) is 7.84. The van der Waals surface area contributed by atoms with Crippen molar-refractivity contribution in [2.24, 2.45) is 0 Å². The molecule has 10 nitrogen and oxygen atoms in total. The monoisotopic (exact) mass is 519 g/mol. The standard InChI is InChI=1S/C26H29N7O3S/c1-16-20(11-17(12-28-16)30-22(34)15-32-10-6-8-26(32,2)3)31-23(35)19-13-29-33-14-21(37-25(19)33)18-7-5-9-27-24(18)36-4/h5,7,9,11-14H,6,8,10,15H2,1-4H3,(H,30,34)(H,31,35). The third-order valence-electron chi connectivity index (χ3n) is 6.70. The molecule has 4 aromatic heterocycles.